The molecule has 0 bridgehead atoms. The van der Waals surface area contributed by atoms with Crippen LogP contribution < -0.4 is 0 Å². The highest BCUT2D eigenvalue weighted by atomic mass is 16.5. The molecular weight excluding hydrogens is 292 g/mol. The van der Waals surface area contributed by atoms with Gasteiger partial charge in [-0.3, -0.25) is 4.79 Å². The Morgan fingerprint density at radius 1 is 1.00 bits per heavy atom. The number of phenolic OH excluding ortho intramolecular Hbond substituents is 1. The van der Waals surface area contributed by atoms with Crippen LogP contribution in [-0.4, -0.2) is 23.5 Å². The fraction of sp³-hybridized carbons (Fsp3) is 0.263. The summed E-state index contributed by atoms with van der Waals surface area (Å²) in [5.74, 6) is -1.17. The second kappa shape index (κ2) is 6.65. The Morgan fingerprint density at radius 2 is 1.61 bits per heavy atom. The first-order chi connectivity index (χ1) is 10.8. The minimum absolute atomic E-state index is 0.0128. The van der Waals surface area contributed by atoms with E-state index in [0.29, 0.717) is 5.56 Å². The predicted octanol–water partition coefficient (Wildman–Crippen LogP) is 3.73. The van der Waals surface area contributed by atoms with Crippen molar-refractivity contribution in [2.45, 2.75) is 26.2 Å². The third-order valence-electron chi connectivity index (χ3n) is 3.53. The van der Waals surface area contributed by atoms with Gasteiger partial charge in [0.15, 0.2) is 12.4 Å². The normalized spacial score (nSPS) is 11.1. The van der Waals surface area contributed by atoms with Crippen LogP contribution >= 0.6 is 0 Å². The summed E-state index contributed by atoms with van der Waals surface area (Å²) in [6, 6.07) is 13.3. The van der Waals surface area contributed by atoms with Gasteiger partial charge in [0.25, 0.3) is 0 Å². The number of phenols is 1. The zero-order chi connectivity index (χ0) is 17.0. The molecule has 0 fully saturated rings. The van der Waals surface area contributed by atoms with Gasteiger partial charge in [0.1, 0.15) is 11.3 Å². The Balaban J connectivity index is 2.00. The van der Waals surface area contributed by atoms with E-state index in [9.17, 15) is 14.7 Å². The maximum atomic E-state index is 12.1. The quantitative estimate of drug-likeness (QED) is 0.690. The van der Waals surface area contributed by atoms with Crippen molar-refractivity contribution < 1.29 is 19.4 Å². The van der Waals surface area contributed by atoms with Gasteiger partial charge in [0.05, 0.1) is 0 Å². The Bertz CT molecular complexity index is 709. The minimum Gasteiger partial charge on any atom is -0.507 e. The van der Waals surface area contributed by atoms with E-state index in [4.69, 9.17) is 4.74 Å². The zero-order valence-corrected chi connectivity index (χ0v) is 13.5. The van der Waals surface area contributed by atoms with Crippen molar-refractivity contribution in [3.8, 4) is 5.75 Å². The molecule has 0 spiro atoms. The molecule has 0 aliphatic rings. The van der Waals surface area contributed by atoms with E-state index in [1.54, 1.807) is 24.3 Å². The van der Waals surface area contributed by atoms with E-state index in [1.165, 1.54) is 12.1 Å². The number of carbonyl (C=O) groups is 2. The summed E-state index contributed by atoms with van der Waals surface area (Å²) in [4.78, 5) is 23.9. The first kappa shape index (κ1) is 16.7. The number of esters is 1. The second-order valence-electron chi connectivity index (χ2n) is 6.34. The van der Waals surface area contributed by atoms with Crippen LogP contribution in [-0.2, 0) is 10.2 Å². The Labute approximate surface area is 135 Å². The number of Topliss-reactive ketones (excluding diaryl/α,β-unsaturated/α-hetero) is 1. The summed E-state index contributed by atoms with van der Waals surface area (Å²) in [7, 11) is 0. The third-order valence-corrected chi connectivity index (χ3v) is 3.53. The van der Waals surface area contributed by atoms with E-state index in [2.05, 4.69) is 20.8 Å². The van der Waals surface area contributed by atoms with Gasteiger partial charge in [0, 0.05) is 5.56 Å². The highest BCUT2D eigenvalue weighted by Gasteiger charge is 2.16. The molecule has 2 aromatic carbocycles. The molecule has 120 valence electrons. The van der Waals surface area contributed by atoms with Gasteiger partial charge in [-0.25, -0.2) is 4.79 Å². The molecule has 2 aromatic rings. The second-order valence-corrected chi connectivity index (χ2v) is 6.34. The molecular formula is C19H20O4. The van der Waals surface area contributed by atoms with E-state index >= 15 is 0 Å². The molecule has 0 unspecified atom stereocenters. The lowest BCUT2D eigenvalue weighted by atomic mass is 9.86. The number of ketones is 1. The molecule has 0 amide bonds. The molecule has 0 aliphatic heterocycles. The number of hydrogen-bond donors (Lipinski definition) is 1. The Morgan fingerprint density at radius 3 is 2.17 bits per heavy atom. The average molecular weight is 312 g/mol. The van der Waals surface area contributed by atoms with E-state index in [1.807, 2.05) is 12.1 Å². The lowest BCUT2D eigenvalue weighted by molar-refractivity contribution is 0.0472. The number of hydrogen-bond acceptors (Lipinski definition) is 4. The first-order valence-corrected chi connectivity index (χ1v) is 7.38. The van der Waals surface area contributed by atoms with E-state index in [-0.39, 0.29) is 29.1 Å². The van der Waals surface area contributed by atoms with Crippen molar-refractivity contribution in [3.05, 3.63) is 65.2 Å². The number of para-hydroxylation sites is 1. The summed E-state index contributed by atoms with van der Waals surface area (Å²) in [5.41, 5.74) is 1.67. The van der Waals surface area contributed by atoms with Crippen molar-refractivity contribution in [1.29, 1.82) is 0 Å². The van der Waals surface area contributed by atoms with Crippen LogP contribution in [0.5, 0.6) is 5.75 Å². The van der Waals surface area contributed by atoms with Crippen LogP contribution in [0, 0.1) is 0 Å². The monoisotopic (exact) mass is 312 g/mol. The molecule has 0 saturated heterocycles. The topological polar surface area (TPSA) is 63.6 Å². The van der Waals surface area contributed by atoms with Gasteiger partial charge in [-0.05, 0) is 23.1 Å². The van der Waals surface area contributed by atoms with Crippen molar-refractivity contribution in [2.75, 3.05) is 6.61 Å². The van der Waals surface area contributed by atoms with Crippen LogP contribution in [0.2, 0.25) is 0 Å². The predicted molar refractivity (Wildman–Crippen MR) is 87.9 cm³/mol. The van der Waals surface area contributed by atoms with Gasteiger partial charge < -0.3 is 9.84 Å². The van der Waals surface area contributed by atoms with E-state index in [0.717, 1.165) is 5.56 Å². The van der Waals surface area contributed by atoms with Gasteiger partial charge in [0.2, 0.25) is 0 Å². The standard InChI is InChI=1S/C19H20O4/c1-19(2,3)14-10-8-13(9-11-14)17(21)12-23-18(22)15-6-4-5-7-16(15)20/h4-11,20H,12H2,1-3H3. The number of carbonyl (C=O) groups excluding carboxylic acids is 2. The van der Waals surface area contributed by atoms with Crippen LogP contribution in [0.1, 0.15) is 47.1 Å². The summed E-state index contributed by atoms with van der Waals surface area (Å²) in [6.45, 7) is 5.93. The molecule has 0 atom stereocenters. The molecule has 0 saturated carbocycles. The maximum Gasteiger partial charge on any atom is 0.342 e. The summed E-state index contributed by atoms with van der Waals surface area (Å²) < 4.78 is 4.97. The molecule has 0 radical (unpaired) electrons. The highest BCUT2D eigenvalue weighted by molar-refractivity contribution is 5.99. The van der Waals surface area contributed by atoms with Crippen molar-refractivity contribution in [3.63, 3.8) is 0 Å². The lowest BCUT2D eigenvalue weighted by Gasteiger charge is -2.18. The molecule has 4 nitrogen and oxygen atoms in total. The summed E-state index contributed by atoms with van der Waals surface area (Å²) in [6.07, 6.45) is 0. The molecule has 23 heavy (non-hydrogen) atoms. The maximum absolute atomic E-state index is 12.1. The van der Waals surface area contributed by atoms with Crippen molar-refractivity contribution in [1.82, 2.24) is 0 Å². The summed E-state index contributed by atoms with van der Waals surface area (Å²) >= 11 is 0. The van der Waals surface area contributed by atoms with Gasteiger partial charge in [-0.2, -0.15) is 0 Å². The fourth-order valence-electron chi connectivity index (χ4n) is 2.09. The van der Waals surface area contributed by atoms with Gasteiger partial charge in [-0.15, -0.1) is 0 Å². The molecule has 2 rings (SSSR count). The van der Waals surface area contributed by atoms with Gasteiger partial charge in [-0.1, -0.05) is 57.2 Å². The Kier molecular flexibility index (Phi) is 4.84. The van der Waals surface area contributed by atoms with Crippen molar-refractivity contribution >= 4 is 11.8 Å². The average Bonchev–Trinajstić information content (AvgIpc) is 2.52. The third kappa shape index (κ3) is 4.19. The largest absolute Gasteiger partial charge is 0.507 e. The smallest absolute Gasteiger partial charge is 0.342 e. The SMILES string of the molecule is CC(C)(C)c1ccc(C(=O)COC(=O)c2ccccc2O)cc1. The fourth-order valence-corrected chi connectivity index (χ4v) is 2.09. The van der Waals surface area contributed by atoms with Crippen molar-refractivity contribution in [2.24, 2.45) is 0 Å². The van der Waals surface area contributed by atoms with Crippen LogP contribution in [0.3, 0.4) is 0 Å². The first-order valence-electron chi connectivity index (χ1n) is 7.38. The molecule has 0 heterocycles. The Hall–Kier alpha value is -2.62. The van der Waals surface area contributed by atoms with E-state index < -0.39 is 5.97 Å². The number of benzene rings is 2. The molecule has 0 aliphatic carbocycles. The molecule has 4 heteroatoms. The highest BCUT2D eigenvalue weighted by Crippen LogP contribution is 2.22. The van der Waals surface area contributed by atoms with Crippen LogP contribution in [0.15, 0.2) is 48.5 Å². The molecule has 1 N–H and O–H groups in total. The van der Waals surface area contributed by atoms with Gasteiger partial charge >= 0.3 is 5.97 Å². The number of ether oxygens (including phenoxy) is 1. The molecule has 0 aromatic heterocycles. The zero-order valence-electron chi connectivity index (χ0n) is 13.5. The van der Waals surface area contributed by atoms with Crippen LogP contribution in [0.25, 0.3) is 0 Å². The number of aromatic hydroxyl groups is 1. The summed E-state index contributed by atoms with van der Waals surface area (Å²) in [5, 5.41) is 9.58. The number of rotatable bonds is 4. The lowest BCUT2D eigenvalue weighted by Crippen LogP contribution is -2.15. The minimum atomic E-state index is -0.720. The van der Waals surface area contributed by atoms with Crippen LogP contribution in [0.4, 0.5) is 0 Å².